The average Bonchev–Trinajstić information content (AvgIpc) is 2.42. The standard InChI is InChI=1S/C13H12Cl2N2O2/c1-19-13-6-11(16-7-17-13)12(18)4-8-2-3-9(14)5-10(8)15/h2-3,5-7,12,18H,4H2,1H3. The summed E-state index contributed by atoms with van der Waals surface area (Å²) in [4.78, 5) is 7.91. The van der Waals surface area contributed by atoms with Crippen LogP contribution in [0.1, 0.15) is 17.4 Å². The van der Waals surface area contributed by atoms with Crippen LogP contribution < -0.4 is 4.74 Å². The first-order valence-corrected chi connectivity index (χ1v) is 6.33. The van der Waals surface area contributed by atoms with Crippen molar-refractivity contribution >= 4 is 23.2 Å². The Morgan fingerprint density at radius 1 is 1.26 bits per heavy atom. The van der Waals surface area contributed by atoms with Gasteiger partial charge in [0.05, 0.1) is 12.8 Å². The number of hydrogen-bond acceptors (Lipinski definition) is 4. The van der Waals surface area contributed by atoms with Crippen LogP contribution in [0.2, 0.25) is 10.0 Å². The Bertz CT molecular complexity index is 578. The van der Waals surface area contributed by atoms with E-state index in [-0.39, 0.29) is 0 Å². The van der Waals surface area contributed by atoms with Gasteiger partial charge in [0, 0.05) is 22.5 Å². The minimum Gasteiger partial charge on any atom is -0.481 e. The Kier molecular flexibility index (Phi) is 4.58. The third-order valence-electron chi connectivity index (χ3n) is 2.64. The topological polar surface area (TPSA) is 55.2 Å². The van der Waals surface area contributed by atoms with E-state index >= 15 is 0 Å². The number of rotatable bonds is 4. The number of aliphatic hydroxyl groups excluding tert-OH is 1. The minimum absolute atomic E-state index is 0.343. The number of hydrogen-bond donors (Lipinski definition) is 1. The second kappa shape index (κ2) is 6.19. The monoisotopic (exact) mass is 298 g/mol. The van der Waals surface area contributed by atoms with Crippen molar-refractivity contribution in [3.05, 3.63) is 51.9 Å². The second-order valence-electron chi connectivity index (χ2n) is 3.94. The fraction of sp³-hybridized carbons (Fsp3) is 0.231. The van der Waals surface area contributed by atoms with Gasteiger partial charge in [0.15, 0.2) is 0 Å². The number of aliphatic hydroxyl groups is 1. The molecule has 0 aliphatic rings. The summed E-state index contributed by atoms with van der Waals surface area (Å²) in [6.45, 7) is 0. The first-order chi connectivity index (χ1) is 9.10. The van der Waals surface area contributed by atoms with E-state index in [1.165, 1.54) is 13.4 Å². The van der Waals surface area contributed by atoms with Crippen LogP contribution in [0.3, 0.4) is 0 Å². The summed E-state index contributed by atoms with van der Waals surface area (Å²) in [6.07, 6.45) is 0.910. The maximum atomic E-state index is 10.2. The van der Waals surface area contributed by atoms with Gasteiger partial charge >= 0.3 is 0 Å². The van der Waals surface area contributed by atoms with Crippen LogP contribution >= 0.6 is 23.2 Å². The molecule has 1 heterocycles. The van der Waals surface area contributed by atoms with Crippen LogP contribution in [-0.4, -0.2) is 22.2 Å². The fourth-order valence-corrected chi connectivity index (χ4v) is 2.13. The molecule has 0 spiro atoms. The molecule has 1 aromatic heterocycles. The molecule has 0 saturated heterocycles. The second-order valence-corrected chi connectivity index (χ2v) is 4.78. The van der Waals surface area contributed by atoms with Gasteiger partial charge in [-0.15, -0.1) is 0 Å². The van der Waals surface area contributed by atoms with Gasteiger partial charge in [-0.3, -0.25) is 0 Å². The summed E-state index contributed by atoms with van der Waals surface area (Å²) < 4.78 is 4.99. The fourth-order valence-electron chi connectivity index (χ4n) is 1.65. The number of aromatic nitrogens is 2. The molecule has 1 aromatic carbocycles. The summed E-state index contributed by atoms with van der Waals surface area (Å²) in [5.74, 6) is 0.409. The third kappa shape index (κ3) is 3.56. The van der Waals surface area contributed by atoms with Crippen molar-refractivity contribution in [2.24, 2.45) is 0 Å². The lowest BCUT2D eigenvalue weighted by Crippen LogP contribution is -2.05. The molecule has 0 amide bonds. The maximum absolute atomic E-state index is 10.2. The Morgan fingerprint density at radius 3 is 2.74 bits per heavy atom. The largest absolute Gasteiger partial charge is 0.481 e. The molecule has 2 aromatic rings. The third-order valence-corrected chi connectivity index (χ3v) is 3.23. The van der Waals surface area contributed by atoms with Crippen molar-refractivity contribution in [1.82, 2.24) is 9.97 Å². The van der Waals surface area contributed by atoms with Crippen molar-refractivity contribution in [2.45, 2.75) is 12.5 Å². The smallest absolute Gasteiger partial charge is 0.216 e. The van der Waals surface area contributed by atoms with Crippen molar-refractivity contribution in [3.63, 3.8) is 0 Å². The lowest BCUT2D eigenvalue weighted by atomic mass is 10.1. The number of nitrogens with zero attached hydrogens (tertiary/aromatic N) is 2. The van der Waals surface area contributed by atoms with Crippen LogP contribution in [0.5, 0.6) is 5.88 Å². The molecule has 6 heteroatoms. The molecule has 0 bridgehead atoms. The predicted octanol–water partition coefficient (Wildman–Crippen LogP) is 3.07. The first kappa shape index (κ1) is 14.1. The Balaban J connectivity index is 2.17. The molecule has 0 aliphatic heterocycles. The summed E-state index contributed by atoms with van der Waals surface area (Å²) >= 11 is 11.9. The van der Waals surface area contributed by atoms with Gasteiger partial charge in [0.1, 0.15) is 12.4 Å². The molecule has 19 heavy (non-hydrogen) atoms. The first-order valence-electron chi connectivity index (χ1n) is 5.58. The van der Waals surface area contributed by atoms with E-state index in [1.807, 2.05) is 0 Å². The van der Waals surface area contributed by atoms with Crippen molar-refractivity contribution < 1.29 is 9.84 Å². The highest BCUT2D eigenvalue weighted by atomic mass is 35.5. The summed E-state index contributed by atoms with van der Waals surface area (Å²) in [5, 5.41) is 11.2. The van der Waals surface area contributed by atoms with Gasteiger partial charge in [0.25, 0.3) is 0 Å². The lowest BCUT2D eigenvalue weighted by molar-refractivity contribution is 0.173. The molecular formula is C13H12Cl2N2O2. The van der Waals surface area contributed by atoms with E-state index in [1.54, 1.807) is 24.3 Å². The summed E-state index contributed by atoms with van der Waals surface area (Å²) in [5.41, 5.74) is 1.29. The van der Waals surface area contributed by atoms with Crippen LogP contribution in [0, 0.1) is 0 Å². The van der Waals surface area contributed by atoms with Gasteiger partial charge in [-0.05, 0) is 17.7 Å². The average molecular weight is 299 g/mol. The minimum atomic E-state index is -0.782. The molecule has 1 atom stereocenters. The predicted molar refractivity (Wildman–Crippen MR) is 73.7 cm³/mol. The Morgan fingerprint density at radius 2 is 2.05 bits per heavy atom. The molecule has 0 fully saturated rings. The lowest BCUT2D eigenvalue weighted by Gasteiger charge is -2.12. The van der Waals surface area contributed by atoms with Crippen molar-refractivity contribution in [3.8, 4) is 5.88 Å². The zero-order valence-electron chi connectivity index (χ0n) is 10.2. The van der Waals surface area contributed by atoms with E-state index in [9.17, 15) is 5.11 Å². The van der Waals surface area contributed by atoms with E-state index in [4.69, 9.17) is 27.9 Å². The van der Waals surface area contributed by atoms with Gasteiger partial charge in [-0.1, -0.05) is 29.3 Å². The van der Waals surface area contributed by atoms with Crippen LogP contribution in [-0.2, 0) is 6.42 Å². The van der Waals surface area contributed by atoms with Crippen LogP contribution in [0.4, 0.5) is 0 Å². The van der Waals surface area contributed by atoms with Gasteiger partial charge in [-0.25, -0.2) is 9.97 Å². The van der Waals surface area contributed by atoms with Gasteiger partial charge in [-0.2, -0.15) is 0 Å². The number of ether oxygens (including phenoxy) is 1. The van der Waals surface area contributed by atoms with Gasteiger partial charge < -0.3 is 9.84 Å². The molecule has 2 rings (SSSR count). The number of benzene rings is 1. The molecule has 0 saturated carbocycles. The molecule has 0 aliphatic carbocycles. The Hall–Kier alpha value is -1.36. The quantitative estimate of drug-likeness (QED) is 0.942. The summed E-state index contributed by atoms with van der Waals surface area (Å²) in [7, 11) is 1.51. The van der Waals surface area contributed by atoms with E-state index in [2.05, 4.69) is 9.97 Å². The van der Waals surface area contributed by atoms with Crippen LogP contribution in [0.25, 0.3) is 0 Å². The highest BCUT2D eigenvalue weighted by molar-refractivity contribution is 6.35. The summed E-state index contributed by atoms with van der Waals surface area (Å²) in [6, 6.07) is 6.75. The van der Waals surface area contributed by atoms with Crippen molar-refractivity contribution in [1.29, 1.82) is 0 Å². The molecule has 0 radical (unpaired) electrons. The van der Waals surface area contributed by atoms with Crippen molar-refractivity contribution in [2.75, 3.05) is 7.11 Å². The molecule has 1 unspecified atom stereocenters. The highest BCUT2D eigenvalue weighted by Crippen LogP contribution is 2.26. The SMILES string of the molecule is COc1cc(C(O)Cc2ccc(Cl)cc2Cl)ncn1. The highest BCUT2D eigenvalue weighted by Gasteiger charge is 2.13. The zero-order valence-corrected chi connectivity index (χ0v) is 11.7. The number of halogens is 2. The molecule has 4 nitrogen and oxygen atoms in total. The van der Waals surface area contributed by atoms with E-state index in [0.29, 0.717) is 28.0 Å². The Labute approximate surface area is 121 Å². The normalized spacial score (nSPS) is 12.2. The zero-order chi connectivity index (χ0) is 13.8. The maximum Gasteiger partial charge on any atom is 0.216 e. The van der Waals surface area contributed by atoms with Crippen LogP contribution in [0.15, 0.2) is 30.6 Å². The van der Waals surface area contributed by atoms with E-state index in [0.717, 1.165) is 5.56 Å². The molecule has 1 N–H and O–H groups in total. The van der Waals surface area contributed by atoms with E-state index < -0.39 is 6.10 Å². The number of methoxy groups -OCH3 is 1. The molecular weight excluding hydrogens is 287 g/mol. The van der Waals surface area contributed by atoms with Gasteiger partial charge in [0.2, 0.25) is 5.88 Å². The molecule has 100 valence electrons.